The van der Waals surface area contributed by atoms with Crippen molar-refractivity contribution in [2.45, 2.75) is 11.2 Å². The van der Waals surface area contributed by atoms with Gasteiger partial charge in [-0.1, -0.05) is 42.1 Å². The van der Waals surface area contributed by atoms with Gasteiger partial charge in [-0.3, -0.25) is 4.68 Å². The molecule has 2 heterocycles. The van der Waals surface area contributed by atoms with Crippen LogP contribution in [0.25, 0.3) is 11.0 Å². The van der Waals surface area contributed by atoms with Crippen molar-refractivity contribution in [1.82, 2.24) is 19.7 Å². The summed E-state index contributed by atoms with van der Waals surface area (Å²) in [6.45, 7) is 0.581. The van der Waals surface area contributed by atoms with E-state index in [1.807, 2.05) is 37.4 Å². The first-order chi connectivity index (χ1) is 10.7. The average molecular weight is 314 g/mol. The molecule has 7 heteroatoms. The van der Waals surface area contributed by atoms with Gasteiger partial charge in [0.15, 0.2) is 10.8 Å². The number of aromatic nitrogens is 4. The van der Waals surface area contributed by atoms with E-state index in [9.17, 15) is 0 Å². The number of benzene rings is 1. The summed E-state index contributed by atoms with van der Waals surface area (Å²) in [6, 6.07) is 9.61. The number of nitrogens with two attached hydrogens (primary N) is 2. The highest BCUT2D eigenvalue weighted by atomic mass is 32.2. The second kappa shape index (κ2) is 6.43. The fraction of sp³-hybridized carbons (Fsp3) is 0.267. The molecule has 0 fully saturated rings. The van der Waals surface area contributed by atoms with E-state index < -0.39 is 0 Å². The number of rotatable bonds is 5. The lowest BCUT2D eigenvalue weighted by Gasteiger charge is -2.13. The molecule has 0 radical (unpaired) electrons. The van der Waals surface area contributed by atoms with E-state index in [1.165, 1.54) is 11.8 Å². The Labute approximate surface area is 132 Å². The summed E-state index contributed by atoms with van der Waals surface area (Å²) < 4.78 is 1.74. The largest absolute Gasteiger partial charge is 0.330 e. The molecular weight excluding hydrogens is 296 g/mol. The molecule has 1 unspecified atom stereocenters. The van der Waals surface area contributed by atoms with Gasteiger partial charge in [0.05, 0.1) is 23.3 Å². The van der Waals surface area contributed by atoms with Crippen molar-refractivity contribution < 1.29 is 0 Å². The van der Waals surface area contributed by atoms with Crippen molar-refractivity contribution in [3.05, 3.63) is 47.8 Å². The summed E-state index contributed by atoms with van der Waals surface area (Å²) in [5, 5.41) is 5.85. The molecule has 0 aliphatic rings. The van der Waals surface area contributed by atoms with E-state index in [-0.39, 0.29) is 6.04 Å². The SMILES string of the molecule is Cn1ncc2c(C(N)c3ccccc3)nc(SCCN)nc21. The number of fused-ring (bicyclic) bond motifs is 1. The average Bonchev–Trinajstić information content (AvgIpc) is 2.94. The van der Waals surface area contributed by atoms with Crippen LogP contribution < -0.4 is 11.5 Å². The van der Waals surface area contributed by atoms with Crippen LogP contribution in [0, 0.1) is 0 Å². The minimum absolute atomic E-state index is 0.312. The second-order valence-electron chi connectivity index (χ2n) is 4.92. The van der Waals surface area contributed by atoms with Crippen LogP contribution in [0.2, 0.25) is 0 Å². The lowest BCUT2D eigenvalue weighted by atomic mass is 10.0. The number of aryl methyl sites for hydroxylation is 1. The van der Waals surface area contributed by atoms with Crippen molar-refractivity contribution >= 4 is 22.8 Å². The highest BCUT2D eigenvalue weighted by Gasteiger charge is 2.18. The Morgan fingerprint density at radius 3 is 2.73 bits per heavy atom. The first kappa shape index (κ1) is 15.0. The molecule has 6 nitrogen and oxygen atoms in total. The van der Waals surface area contributed by atoms with E-state index in [0.717, 1.165) is 28.0 Å². The van der Waals surface area contributed by atoms with E-state index in [1.54, 1.807) is 10.9 Å². The molecular formula is C15H18N6S. The Kier molecular flexibility index (Phi) is 4.37. The molecule has 3 aromatic rings. The standard InChI is InChI=1S/C15H18N6S/c1-21-14-11(9-18-21)13(19-15(20-14)22-8-7-16)12(17)10-5-3-2-4-6-10/h2-6,9,12H,7-8,16-17H2,1H3. The van der Waals surface area contributed by atoms with Gasteiger partial charge < -0.3 is 11.5 Å². The predicted octanol–water partition coefficient (Wildman–Crippen LogP) is 1.46. The topological polar surface area (TPSA) is 95.6 Å². The van der Waals surface area contributed by atoms with Crippen LogP contribution in [-0.2, 0) is 7.05 Å². The molecule has 0 amide bonds. The van der Waals surface area contributed by atoms with Crippen LogP contribution in [0.15, 0.2) is 41.7 Å². The Balaban J connectivity index is 2.10. The predicted molar refractivity (Wildman–Crippen MR) is 88.6 cm³/mol. The quantitative estimate of drug-likeness (QED) is 0.547. The number of hydrogen-bond donors (Lipinski definition) is 2. The minimum Gasteiger partial charge on any atom is -0.330 e. The van der Waals surface area contributed by atoms with Crippen molar-refractivity contribution in [1.29, 1.82) is 0 Å². The molecule has 0 spiro atoms. The molecule has 0 aliphatic heterocycles. The van der Waals surface area contributed by atoms with Gasteiger partial charge in [-0.05, 0) is 5.56 Å². The highest BCUT2D eigenvalue weighted by molar-refractivity contribution is 7.99. The number of hydrogen-bond acceptors (Lipinski definition) is 6. The van der Waals surface area contributed by atoms with Crippen LogP contribution in [0.4, 0.5) is 0 Å². The molecule has 1 atom stereocenters. The molecule has 114 valence electrons. The third kappa shape index (κ3) is 2.83. The zero-order valence-corrected chi connectivity index (χ0v) is 13.1. The summed E-state index contributed by atoms with van der Waals surface area (Å²) in [6.07, 6.45) is 1.77. The number of thioether (sulfide) groups is 1. The molecule has 4 N–H and O–H groups in total. The van der Waals surface area contributed by atoms with Crippen LogP contribution in [-0.4, -0.2) is 32.0 Å². The van der Waals surface area contributed by atoms with Gasteiger partial charge in [-0.2, -0.15) is 5.10 Å². The van der Waals surface area contributed by atoms with Crippen molar-refractivity contribution in [3.8, 4) is 0 Å². The zero-order valence-electron chi connectivity index (χ0n) is 12.3. The monoisotopic (exact) mass is 314 g/mol. The lowest BCUT2D eigenvalue weighted by Crippen LogP contribution is -2.15. The third-order valence-electron chi connectivity index (χ3n) is 3.40. The molecule has 0 saturated carbocycles. The van der Waals surface area contributed by atoms with Gasteiger partial charge in [0.2, 0.25) is 0 Å². The van der Waals surface area contributed by atoms with E-state index in [2.05, 4.69) is 15.1 Å². The Morgan fingerprint density at radius 2 is 2.00 bits per heavy atom. The minimum atomic E-state index is -0.312. The van der Waals surface area contributed by atoms with Gasteiger partial charge in [-0.15, -0.1) is 0 Å². The van der Waals surface area contributed by atoms with Crippen LogP contribution in [0.3, 0.4) is 0 Å². The molecule has 2 aromatic heterocycles. The van der Waals surface area contributed by atoms with Crippen LogP contribution in [0.5, 0.6) is 0 Å². The molecule has 0 aliphatic carbocycles. The van der Waals surface area contributed by atoms with E-state index in [0.29, 0.717) is 11.7 Å². The molecule has 3 rings (SSSR count). The summed E-state index contributed by atoms with van der Waals surface area (Å²) in [5.74, 6) is 0.767. The fourth-order valence-corrected chi connectivity index (χ4v) is 2.91. The second-order valence-corrected chi connectivity index (χ2v) is 5.98. The first-order valence-corrected chi connectivity index (χ1v) is 8.02. The third-order valence-corrected chi connectivity index (χ3v) is 4.28. The smallest absolute Gasteiger partial charge is 0.189 e. The molecule has 0 bridgehead atoms. The van der Waals surface area contributed by atoms with Crippen molar-refractivity contribution in [3.63, 3.8) is 0 Å². The Bertz CT molecular complexity index is 770. The number of nitrogens with zero attached hydrogens (tertiary/aromatic N) is 4. The summed E-state index contributed by atoms with van der Waals surface area (Å²) in [5.41, 5.74) is 14.6. The van der Waals surface area contributed by atoms with Gasteiger partial charge >= 0.3 is 0 Å². The highest BCUT2D eigenvalue weighted by Crippen LogP contribution is 2.27. The van der Waals surface area contributed by atoms with Gasteiger partial charge in [0.1, 0.15) is 0 Å². The summed E-state index contributed by atoms with van der Waals surface area (Å²) >= 11 is 1.53. The maximum atomic E-state index is 6.43. The molecule has 22 heavy (non-hydrogen) atoms. The summed E-state index contributed by atoms with van der Waals surface area (Å²) in [4.78, 5) is 9.20. The van der Waals surface area contributed by atoms with Crippen molar-refractivity contribution in [2.75, 3.05) is 12.3 Å². The Morgan fingerprint density at radius 1 is 1.23 bits per heavy atom. The van der Waals surface area contributed by atoms with Gasteiger partial charge in [0, 0.05) is 19.3 Å². The van der Waals surface area contributed by atoms with Gasteiger partial charge in [0.25, 0.3) is 0 Å². The van der Waals surface area contributed by atoms with E-state index in [4.69, 9.17) is 11.5 Å². The normalized spacial score (nSPS) is 12.7. The first-order valence-electron chi connectivity index (χ1n) is 7.03. The molecule has 0 saturated heterocycles. The van der Waals surface area contributed by atoms with Gasteiger partial charge in [-0.25, -0.2) is 9.97 Å². The van der Waals surface area contributed by atoms with Crippen molar-refractivity contribution in [2.24, 2.45) is 18.5 Å². The summed E-state index contributed by atoms with van der Waals surface area (Å²) in [7, 11) is 1.87. The molecule has 1 aromatic carbocycles. The van der Waals surface area contributed by atoms with Crippen LogP contribution in [0.1, 0.15) is 17.3 Å². The Hall–Kier alpha value is -1.96. The maximum Gasteiger partial charge on any atom is 0.189 e. The fourth-order valence-electron chi connectivity index (χ4n) is 2.29. The zero-order chi connectivity index (χ0) is 15.5. The van der Waals surface area contributed by atoms with Crippen LogP contribution >= 0.6 is 11.8 Å². The maximum absolute atomic E-state index is 6.43. The lowest BCUT2D eigenvalue weighted by molar-refractivity contribution is 0.765. The van der Waals surface area contributed by atoms with E-state index >= 15 is 0 Å².